The molecular formula is C14H12FNO3. The topological polar surface area (TPSA) is 59.4 Å². The van der Waals surface area contributed by atoms with E-state index in [1.807, 2.05) is 0 Å². The largest absolute Gasteiger partial charge is 0.481 e. The zero-order chi connectivity index (χ0) is 13.8. The third-order valence-corrected chi connectivity index (χ3v) is 2.65. The molecule has 0 unspecified atom stereocenters. The molecule has 2 rings (SSSR count). The van der Waals surface area contributed by atoms with Gasteiger partial charge in [0.25, 0.3) is 0 Å². The Morgan fingerprint density at radius 3 is 2.84 bits per heavy atom. The first kappa shape index (κ1) is 13.0. The maximum atomic E-state index is 13.2. The van der Waals surface area contributed by atoms with Crippen molar-refractivity contribution in [3.8, 4) is 17.0 Å². The number of halogens is 1. The lowest BCUT2D eigenvalue weighted by Crippen LogP contribution is -2.03. The smallest absolute Gasteiger partial charge is 0.307 e. The highest BCUT2D eigenvalue weighted by Gasteiger charge is 2.11. The molecule has 1 aromatic carbocycles. The van der Waals surface area contributed by atoms with Crippen molar-refractivity contribution < 1.29 is 19.0 Å². The minimum Gasteiger partial charge on any atom is -0.481 e. The van der Waals surface area contributed by atoms with Crippen molar-refractivity contribution in [2.45, 2.75) is 6.42 Å². The number of hydrogen-bond donors (Lipinski definition) is 1. The predicted octanol–water partition coefficient (Wildman–Crippen LogP) is 2.52. The molecule has 0 saturated carbocycles. The molecule has 0 spiro atoms. The maximum Gasteiger partial charge on any atom is 0.307 e. The Hall–Kier alpha value is -2.43. The van der Waals surface area contributed by atoms with Crippen molar-refractivity contribution in [3.63, 3.8) is 0 Å². The standard InChI is InChI=1S/C14H12FNO3/c1-19-13-6-10(7-14(17)18)12(8-16-13)9-3-2-4-11(15)5-9/h2-6,8H,7H2,1H3,(H,17,18). The molecule has 2 aromatic rings. The summed E-state index contributed by atoms with van der Waals surface area (Å²) in [6, 6.07) is 7.50. The van der Waals surface area contributed by atoms with Gasteiger partial charge in [-0.1, -0.05) is 12.1 Å². The summed E-state index contributed by atoms with van der Waals surface area (Å²) in [7, 11) is 1.45. The summed E-state index contributed by atoms with van der Waals surface area (Å²) in [5.74, 6) is -1.02. The van der Waals surface area contributed by atoms with E-state index in [1.54, 1.807) is 18.2 Å². The van der Waals surface area contributed by atoms with Crippen molar-refractivity contribution in [3.05, 3.63) is 47.9 Å². The molecule has 1 N–H and O–H groups in total. The van der Waals surface area contributed by atoms with Crippen LogP contribution in [0.5, 0.6) is 5.88 Å². The minimum atomic E-state index is -0.967. The van der Waals surface area contributed by atoms with Gasteiger partial charge < -0.3 is 9.84 Å². The molecule has 0 amide bonds. The number of benzene rings is 1. The van der Waals surface area contributed by atoms with E-state index in [0.29, 0.717) is 22.6 Å². The van der Waals surface area contributed by atoms with E-state index in [4.69, 9.17) is 9.84 Å². The molecule has 0 atom stereocenters. The molecule has 1 aromatic heterocycles. The number of carboxylic acid groups (broad SMARTS) is 1. The highest BCUT2D eigenvalue weighted by molar-refractivity contribution is 5.76. The quantitative estimate of drug-likeness (QED) is 0.918. The van der Waals surface area contributed by atoms with Crippen molar-refractivity contribution in [2.24, 2.45) is 0 Å². The molecule has 19 heavy (non-hydrogen) atoms. The first-order valence-electron chi connectivity index (χ1n) is 5.61. The van der Waals surface area contributed by atoms with Crippen LogP contribution >= 0.6 is 0 Å². The highest BCUT2D eigenvalue weighted by atomic mass is 19.1. The second kappa shape index (κ2) is 5.48. The van der Waals surface area contributed by atoms with Crippen LogP contribution in [0.25, 0.3) is 11.1 Å². The van der Waals surface area contributed by atoms with Crippen LogP contribution in [0.2, 0.25) is 0 Å². The van der Waals surface area contributed by atoms with E-state index in [-0.39, 0.29) is 12.2 Å². The zero-order valence-corrected chi connectivity index (χ0v) is 10.3. The Balaban J connectivity index is 2.52. The predicted molar refractivity (Wildman–Crippen MR) is 67.5 cm³/mol. The number of pyridine rings is 1. The molecule has 0 radical (unpaired) electrons. The lowest BCUT2D eigenvalue weighted by atomic mass is 10.00. The molecule has 0 aliphatic heterocycles. The molecule has 0 saturated heterocycles. The number of carbonyl (C=O) groups is 1. The van der Waals surface area contributed by atoms with Crippen molar-refractivity contribution in [2.75, 3.05) is 7.11 Å². The molecule has 0 aliphatic carbocycles. The van der Waals surface area contributed by atoms with Crippen LogP contribution < -0.4 is 4.74 Å². The van der Waals surface area contributed by atoms with Crippen LogP contribution in [0.1, 0.15) is 5.56 Å². The van der Waals surface area contributed by atoms with E-state index in [0.717, 1.165) is 0 Å². The van der Waals surface area contributed by atoms with E-state index in [1.165, 1.54) is 25.4 Å². The monoisotopic (exact) mass is 261 g/mol. The van der Waals surface area contributed by atoms with Crippen LogP contribution in [-0.4, -0.2) is 23.2 Å². The van der Waals surface area contributed by atoms with Gasteiger partial charge in [0.15, 0.2) is 0 Å². The SMILES string of the molecule is COc1cc(CC(=O)O)c(-c2cccc(F)c2)cn1. The second-order valence-corrected chi connectivity index (χ2v) is 3.96. The van der Waals surface area contributed by atoms with Gasteiger partial charge in [-0.25, -0.2) is 9.37 Å². The third kappa shape index (κ3) is 3.07. The highest BCUT2D eigenvalue weighted by Crippen LogP contribution is 2.26. The third-order valence-electron chi connectivity index (χ3n) is 2.65. The lowest BCUT2D eigenvalue weighted by molar-refractivity contribution is -0.136. The van der Waals surface area contributed by atoms with Gasteiger partial charge in [-0.2, -0.15) is 0 Å². The fourth-order valence-electron chi connectivity index (χ4n) is 1.81. The van der Waals surface area contributed by atoms with Gasteiger partial charge >= 0.3 is 5.97 Å². The normalized spacial score (nSPS) is 10.2. The number of aliphatic carboxylic acids is 1. The van der Waals surface area contributed by atoms with Crippen LogP contribution in [0.15, 0.2) is 36.5 Å². The number of nitrogens with zero attached hydrogens (tertiary/aromatic N) is 1. The van der Waals surface area contributed by atoms with Crippen LogP contribution in [-0.2, 0) is 11.2 Å². The van der Waals surface area contributed by atoms with E-state index < -0.39 is 5.97 Å². The summed E-state index contributed by atoms with van der Waals surface area (Å²) in [5.41, 5.74) is 1.71. The summed E-state index contributed by atoms with van der Waals surface area (Å²) in [5, 5.41) is 8.92. The second-order valence-electron chi connectivity index (χ2n) is 3.96. The van der Waals surface area contributed by atoms with E-state index in [2.05, 4.69) is 4.98 Å². The Morgan fingerprint density at radius 1 is 1.42 bits per heavy atom. The van der Waals surface area contributed by atoms with Crippen LogP contribution in [0.3, 0.4) is 0 Å². The van der Waals surface area contributed by atoms with Crippen LogP contribution in [0, 0.1) is 5.82 Å². The number of aromatic nitrogens is 1. The molecule has 0 bridgehead atoms. The van der Waals surface area contributed by atoms with Gasteiger partial charge in [0.1, 0.15) is 5.82 Å². The number of carboxylic acids is 1. The number of methoxy groups -OCH3 is 1. The fraction of sp³-hybridized carbons (Fsp3) is 0.143. The average Bonchev–Trinajstić information content (AvgIpc) is 2.38. The molecule has 5 heteroatoms. The number of hydrogen-bond acceptors (Lipinski definition) is 3. The molecule has 4 nitrogen and oxygen atoms in total. The summed E-state index contributed by atoms with van der Waals surface area (Å²) in [6.07, 6.45) is 1.32. The van der Waals surface area contributed by atoms with Crippen LogP contribution in [0.4, 0.5) is 4.39 Å². The van der Waals surface area contributed by atoms with Gasteiger partial charge in [-0.05, 0) is 23.3 Å². The van der Waals surface area contributed by atoms with Gasteiger partial charge in [0.05, 0.1) is 13.5 Å². The Bertz CT molecular complexity index is 613. The number of rotatable bonds is 4. The summed E-state index contributed by atoms with van der Waals surface area (Å²) < 4.78 is 18.2. The Kier molecular flexibility index (Phi) is 3.75. The molecule has 0 aliphatic rings. The van der Waals surface area contributed by atoms with Gasteiger partial charge in [0, 0.05) is 17.8 Å². The van der Waals surface area contributed by atoms with Crippen molar-refractivity contribution in [1.29, 1.82) is 0 Å². The van der Waals surface area contributed by atoms with E-state index in [9.17, 15) is 9.18 Å². The Morgan fingerprint density at radius 2 is 2.21 bits per heavy atom. The molecule has 1 heterocycles. The summed E-state index contributed by atoms with van der Waals surface area (Å²) in [4.78, 5) is 14.9. The van der Waals surface area contributed by atoms with Crippen molar-refractivity contribution in [1.82, 2.24) is 4.98 Å². The Labute approximate surface area is 109 Å². The first-order valence-corrected chi connectivity index (χ1v) is 5.61. The molecule has 0 fully saturated rings. The maximum absolute atomic E-state index is 13.2. The van der Waals surface area contributed by atoms with E-state index >= 15 is 0 Å². The number of ether oxygens (including phenoxy) is 1. The van der Waals surface area contributed by atoms with Gasteiger partial charge in [0.2, 0.25) is 5.88 Å². The van der Waals surface area contributed by atoms with Crippen molar-refractivity contribution >= 4 is 5.97 Å². The fourth-order valence-corrected chi connectivity index (χ4v) is 1.81. The summed E-state index contributed by atoms with van der Waals surface area (Å²) >= 11 is 0. The van der Waals surface area contributed by atoms with Gasteiger partial charge in [-0.15, -0.1) is 0 Å². The first-order chi connectivity index (χ1) is 9.10. The molecular weight excluding hydrogens is 249 g/mol. The summed E-state index contributed by atoms with van der Waals surface area (Å²) in [6.45, 7) is 0. The van der Waals surface area contributed by atoms with Gasteiger partial charge in [-0.3, -0.25) is 4.79 Å². The lowest BCUT2D eigenvalue weighted by Gasteiger charge is -2.09. The zero-order valence-electron chi connectivity index (χ0n) is 10.3. The minimum absolute atomic E-state index is 0.176. The molecule has 98 valence electrons. The average molecular weight is 261 g/mol.